The number of rotatable bonds is 9. The van der Waals surface area contributed by atoms with Crippen LogP contribution in [0.3, 0.4) is 0 Å². The lowest BCUT2D eigenvalue weighted by Gasteiger charge is -2.28. The fraction of sp³-hybridized carbons (Fsp3) is 0.900. The second kappa shape index (κ2) is 7.67. The summed E-state index contributed by atoms with van der Waals surface area (Å²) >= 11 is 0. The molecule has 0 aromatic heterocycles. The number of hydrogen-bond donors (Lipinski definition) is 2. The molecule has 18 heavy (non-hydrogen) atoms. The molecule has 0 fully saturated rings. The summed E-state index contributed by atoms with van der Waals surface area (Å²) in [6.45, 7) is 2.78. The van der Waals surface area contributed by atoms with E-state index in [0.717, 1.165) is 0 Å². The van der Waals surface area contributed by atoms with Crippen molar-refractivity contribution in [3.05, 3.63) is 0 Å². The number of aliphatic hydroxyl groups is 1. The van der Waals surface area contributed by atoms with Crippen LogP contribution in [0.4, 0.5) is 0 Å². The Morgan fingerprint density at radius 3 is 2.28 bits per heavy atom. The maximum atomic E-state index is 11.8. The van der Waals surface area contributed by atoms with Gasteiger partial charge in [-0.3, -0.25) is 9.35 Å². The van der Waals surface area contributed by atoms with Gasteiger partial charge in [-0.05, 0) is 19.8 Å². The normalized spacial score (nSPS) is 15.1. The summed E-state index contributed by atoms with van der Waals surface area (Å²) in [6, 6.07) is 0. The first-order valence-corrected chi connectivity index (χ1v) is 7.07. The highest BCUT2D eigenvalue weighted by atomic mass is 32.3. The summed E-state index contributed by atoms with van der Waals surface area (Å²) in [6.07, 6.45) is 0.915. The van der Waals surface area contributed by atoms with E-state index in [9.17, 15) is 18.3 Å². The monoisotopic (exact) mass is 284 g/mol. The Hall–Kier alpha value is -0.700. The van der Waals surface area contributed by atoms with Gasteiger partial charge in [0.25, 0.3) is 0 Å². The molecule has 0 heterocycles. The number of hydrogen-bond acceptors (Lipinski definition) is 6. The van der Waals surface area contributed by atoms with Gasteiger partial charge in [-0.25, -0.2) is 4.18 Å². The van der Waals surface area contributed by atoms with Gasteiger partial charge in [0.2, 0.25) is 0 Å². The molecule has 0 aromatic rings. The summed E-state index contributed by atoms with van der Waals surface area (Å²) in [7, 11) is -4.54. The Labute approximate surface area is 107 Å². The first-order chi connectivity index (χ1) is 8.31. The zero-order valence-corrected chi connectivity index (χ0v) is 11.4. The number of ether oxygens (including phenoxy) is 1. The minimum Gasteiger partial charge on any atom is -0.465 e. The van der Waals surface area contributed by atoms with E-state index in [1.165, 1.54) is 0 Å². The molecule has 0 bridgehead atoms. The molecule has 2 N–H and O–H groups in total. The van der Waals surface area contributed by atoms with Gasteiger partial charge in [0.05, 0.1) is 25.2 Å². The van der Waals surface area contributed by atoms with Gasteiger partial charge in [0, 0.05) is 0 Å². The summed E-state index contributed by atoms with van der Waals surface area (Å²) in [5.74, 6) is -0.590. The minimum absolute atomic E-state index is 0.0457. The molecule has 1 unspecified atom stereocenters. The van der Waals surface area contributed by atoms with E-state index in [4.69, 9.17) is 9.29 Å². The molecule has 0 spiro atoms. The van der Waals surface area contributed by atoms with Crippen LogP contribution in [0.5, 0.6) is 0 Å². The first-order valence-electron chi connectivity index (χ1n) is 5.71. The number of aliphatic hydroxyl groups excluding tert-OH is 1. The average Bonchev–Trinajstić information content (AvgIpc) is 2.26. The van der Waals surface area contributed by atoms with Crippen LogP contribution in [0.1, 0.15) is 33.1 Å². The van der Waals surface area contributed by atoms with Crippen LogP contribution >= 0.6 is 0 Å². The second-order valence-electron chi connectivity index (χ2n) is 3.91. The molecule has 7 nitrogen and oxygen atoms in total. The molecule has 0 aromatic carbocycles. The summed E-state index contributed by atoms with van der Waals surface area (Å²) in [4.78, 5) is 11.8. The summed E-state index contributed by atoms with van der Waals surface area (Å²) in [5, 5.41) is 9.37. The maximum absolute atomic E-state index is 11.8. The lowest BCUT2D eigenvalue weighted by Crippen LogP contribution is -2.38. The van der Waals surface area contributed by atoms with Crippen LogP contribution < -0.4 is 0 Å². The molecule has 1 atom stereocenters. The van der Waals surface area contributed by atoms with E-state index in [0.29, 0.717) is 12.8 Å². The Balaban J connectivity index is 4.70. The van der Waals surface area contributed by atoms with E-state index in [-0.39, 0.29) is 13.0 Å². The van der Waals surface area contributed by atoms with E-state index < -0.39 is 35.0 Å². The third kappa shape index (κ3) is 5.76. The Bertz CT molecular complexity index is 351. The van der Waals surface area contributed by atoms with E-state index in [2.05, 4.69) is 4.18 Å². The van der Waals surface area contributed by atoms with Crippen molar-refractivity contribution >= 4 is 16.4 Å². The molecular weight excluding hydrogens is 264 g/mol. The van der Waals surface area contributed by atoms with Crippen molar-refractivity contribution in [1.29, 1.82) is 0 Å². The molecule has 0 amide bonds. The van der Waals surface area contributed by atoms with Crippen molar-refractivity contribution in [3.63, 3.8) is 0 Å². The van der Waals surface area contributed by atoms with Crippen LogP contribution in [0.25, 0.3) is 0 Å². The first kappa shape index (κ1) is 17.3. The molecule has 8 heteroatoms. The third-order valence-electron chi connectivity index (χ3n) is 2.55. The Kier molecular flexibility index (Phi) is 7.37. The highest BCUT2D eigenvalue weighted by molar-refractivity contribution is 7.80. The molecule has 108 valence electrons. The smallest absolute Gasteiger partial charge is 0.397 e. The van der Waals surface area contributed by atoms with Gasteiger partial charge in [0.15, 0.2) is 0 Å². The topological polar surface area (TPSA) is 110 Å². The van der Waals surface area contributed by atoms with Crippen molar-refractivity contribution < 1.29 is 31.8 Å². The van der Waals surface area contributed by atoms with E-state index in [1.54, 1.807) is 6.92 Å². The van der Waals surface area contributed by atoms with Crippen molar-refractivity contribution in [1.82, 2.24) is 0 Å². The van der Waals surface area contributed by atoms with Gasteiger partial charge in [0.1, 0.15) is 0 Å². The lowest BCUT2D eigenvalue weighted by atomic mass is 9.81. The molecule has 0 aliphatic rings. The molecule has 0 aliphatic carbocycles. The predicted molar refractivity (Wildman–Crippen MR) is 63.2 cm³/mol. The molecular formula is C10H20O7S. The highest BCUT2D eigenvalue weighted by Gasteiger charge is 2.38. The van der Waals surface area contributed by atoms with Crippen LogP contribution in [-0.4, -0.2) is 43.9 Å². The summed E-state index contributed by atoms with van der Waals surface area (Å²) in [5.41, 5.74) is -1.19. The van der Waals surface area contributed by atoms with Crippen molar-refractivity contribution in [2.45, 2.75) is 33.1 Å². The fourth-order valence-corrected chi connectivity index (χ4v) is 1.95. The van der Waals surface area contributed by atoms with Gasteiger partial charge in [-0.1, -0.05) is 13.3 Å². The van der Waals surface area contributed by atoms with E-state index in [1.807, 2.05) is 6.92 Å². The van der Waals surface area contributed by atoms with Gasteiger partial charge >= 0.3 is 16.4 Å². The van der Waals surface area contributed by atoms with Crippen molar-refractivity contribution in [3.8, 4) is 0 Å². The third-order valence-corrected chi connectivity index (χ3v) is 3.02. The van der Waals surface area contributed by atoms with Crippen LogP contribution in [0.2, 0.25) is 0 Å². The predicted octanol–water partition coefficient (Wildman–Crippen LogP) is 0.538. The molecule has 0 radical (unpaired) electrons. The van der Waals surface area contributed by atoms with Crippen molar-refractivity contribution in [2.75, 3.05) is 19.8 Å². The number of carbonyl (C=O) groups is 1. The largest absolute Gasteiger partial charge is 0.465 e. The number of esters is 1. The fourth-order valence-electron chi connectivity index (χ4n) is 1.66. The van der Waals surface area contributed by atoms with Gasteiger partial charge in [-0.2, -0.15) is 8.42 Å². The minimum atomic E-state index is -4.54. The van der Waals surface area contributed by atoms with Gasteiger partial charge < -0.3 is 9.84 Å². The molecule has 0 aliphatic heterocycles. The molecule has 0 saturated heterocycles. The maximum Gasteiger partial charge on any atom is 0.397 e. The van der Waals surface area contributed by atoms with Crippen LogP contribution in [0, 0.1) is 5.41 Å². The Morgan fingerprint density at radius 1 is 1.28 bits per heavy atom. The van der Waals surface area contributed by atoms with E-state index >= 15 is 0 Å². The average molecular weight is 284 g/mol. The lowest BCUT2D eigenvalue weighted by molar-refractivity contribution is -0.159. The molecule has 0 rings (SSSR count). The quantitative estimate of drug-likeness (QED) is 0.469. The molecule has 0 saturated carbocycles. The van der Waals surface area contributed by atoms with Gasteiger partial charge in [-0.15, -0.1) is 0 Å². The summed E-state index contributed by atoms with van der Waals surface area (Å²) < 4.78 is 38.3. The highest BCUT2D eigenvalue weighted by Crippen LogP contribution is 2.30. The second-order valence-corrected chi connectivity index (χ2v) is 5.00. The van der Waals surface area contributed by atoms with Crippen LogP contribution in [-0.2, 0) is 24.1 Å². The standard InChI is InChI=1S/C10H20O7S/c1-3-5-10(8-11,9(12)16-4-2)6-7-17-18(13,14)15/h11H,3-8H2,1-2H3,(H,13,14,15). The number of carbonyl (C=O) groups excluding carboxylic acids is 1. The Morgan fingerprint density at radius 2 is 1.89 bits per heavy atom. The zero-order chi connectivity index (χ0) is 14.2. The van der Waals surface area contributed by atoms with Crippen LogP contribution in [0.15, 0.2) is 0 Å². The SMILES string of the molecule is CCCC(CO)(CCOS(=O)(=O)O)C(=O)OCC. The van der Waals surface area contributed by atoms with Crippen molar-refractivity contribution in [2.24, 2.45) is 5.41 Å². The zero-order valence-electron chi connectivity index (χ0n) is 10.6.